The number of nitrogens with zero attached hydrogens (tertiary/aromatic N) is 4. The summed E-state index contributed by atoms with van der Waals surface area (Å²) in [5.41, 5.74) is 1.23. The molecule has 1 atom stereocenters. The van der Waals surface area contributed by atoms with Crippen LogP contribution in [0.5, 0.6) is 17.2 Å². The van der Waals surface area contributed by atoms with Gasteiger partial charge in [0.05, 0.1) is 12.4 Å². The van der Waals surface area contributed by atoms with Crippen LogP contribution in [0.2, 0.25) is 0 Å². The minimum atomic E-state index is 0.0915. The highest BCUT2D eigenvalue weighted by molar-refractivity contribution is 5.45. The maximum absolute atomic E-state index is 9.29. The first-order valence-electron chi connectivity index (χ1n) is 8.10. The summed E-state index contributed by atoms with van der Waals surface area (Å²) in [6, 6.07) is 6.47. The van der Waals surface area contributed by atoms with E-state index in [1.54, 1.807) is 0 Å². The van der Waals surface area contributed by atoms with Crippen LogP contribution in [0.15, 0.2) is 30.6 Å². The highest BCUT2D eigenvalue weighted by atomic mass is 16.7. The number of hydrogen-bond acceptors (Lipinski definition) is 7. The minimum Gasteiger partial charge on any atom is -0.505 e. The predicted octanol–water partition coefficient (Wildman–Crippen LogP) is 1.79. The number of piperazine rings is 1. The highest BCUT2D eigenvalue weighted by Gasteiger charge is 2.24. The molecule has 1 aromatic heterocycles. The van der Waals surface area contributed by atoms with E-state index in [0.717, 1.165) is 37.7 Å². The van der Waals surface area contributed by atoms with E-state index >= 15 is 0 Å². The molecule has 0 bridgehead atoms. The summed E-state index contributed by atoms with van der Waals surface area (Å²) in [6.07, 6.45) is 2.87. The Kier molecular flexibility index (Phi) is 3.86. The van der Waals surface area contributed by atoms with Gasteiger partial charge in [-0.2, -0.15) is 0 Å². The number of rotatable bonds is 3. The van der Waals surface area contributed by atoms with Gasteiger partial charge in [-0.3, -0.25) is 4.90 Å². The summed E-state index contributed by atoms with van der Waals surface area (Å²) in [6.45, 7) is 6.10. The van der Waals surface area contributed by atoms with Crippen LogP contribution in [0.4, 0.5) is 5.95 Å². The maximum Gasteiger partial charge on any atom is 0.231 e. The monoisotopic (exact) mass is 328 g/mol. The molecular weight excluding hydrogens is 308 g/mol. The molecule has 3 heterocycles. The second kappa shape index (κ2) is 6.16. The predicted molar refractivity (Wildman–Crippen MR) is 88.5 cm³/mol. The normalized spacial score (nSPS) is 18.6. The molecule has 1 unspecified atom stereocenters. The van der Waals surface area contributed by atoms with Crippen LogP contribution >= 0.6 is 0 Å². The lowest BCUT2D eigenvalue weighted by Crippen LogP contribution is -2.47. The Bertz CT molecular complexity index is 714. The lowest BCUT2D eigenvalue weighted by Gasteiger charge is -2.38. The van der Waals surface area contributed by atoms with Crippen molar-refractivity contribution in [3.05, 3.63) is 36.2 Å². The van der Waals surface area contributed by atoms with Crippen molar-refractivity contribution in [2.24, 2.45) is 0 Å². The molecule has 7 nitrogen and oxygen atoms in total. The summed E-state index contributed by atoms with van der Waals surface area (Å²) in [7, 11) is 0. The lowest BCUT2D eigenvalue weighted by atomic mass is 10.1. The third-order valence-electron chi connectivity index (χ3n) is 4.65. The van der Waals surface area contributed by atoms with Crippen molar-refractivity contribution in [2.45, 2.75) is 13.0 Å². The molecule has 0 aliphatic carbocycles. The summed E-state index contributed by atoms with van der Waals surface area (Å²) in [4.78, 5) is 13.0. The second-order valence-electron chi connectivity index (χ2n) is 6.05. The number of aromatic nitrogens is 2. The molecule has 0 saturated carbocycles. The number of fused-ring (bicyclic) bond motifs is 1. The molecule has 0 amide bonds. The standard InChI is InChI=1S/C17H20N4O3/c1-12(13-2-3-15-16(8-13)24-11-23-15)20-4-6-21(7-5-20)17-18-9-14(22)10-19-17/h2-3,8-10,12,22H,4-7,11H2,1H3. The van der Waals surface area contributed by atoms with Crippen LogP contribution in [-0.4, -0.2) is 52.9 Å². The van der Waals surface area contributed by atoms with E-state index in [9.17, 15) is 5.11 Å². The Morgan fingerprint density at radius 3 is 2.50 bits per heavy atom. The van der Waals surface area contributed by atoms with Gasteiger partial charge in [-0.25, -0.2) is 9.97 Å². The fourth-order valence-electron chi connectivity index (χ4n) is 3.17. The third-order valence-corrected chi connectivity index (χ3v) is 4.65. The molecule has 24 heavy (non-hydrogen) atoms. The molecule has 2 aliphatic rings. The van der Waals surface area contributed by atoms with Gasteiger partial charge in [-0.05, 0) is 24.6 Å². The molecule has 1 fully saturated rings. The molecule has 0 radical (unpaired) electrons. The topological polar surface area (TPSA) is 71.0 Å². The largest absolute Gasteiger partial charge is 0.505 e. The van der Waals surface area contributed by atoms with Crippen molar-refractivity contribution in [2.75, 3.05) is 37.9 Å². The number of aromatic hydroxyl groups is 1. The molecule has 1 N–H and O–H groups in total. The van der Waals surface area contributed by atoms with Crippen molar-refractivity contribution in [3.63, 3.8) is 0 Å². The lowest BCUT2D eigenvalue weighted by molar-refractivity contribution is 0.173. The van der Waals surface area contributed by atoms with Crippen LogP contribution in [-0.2, 0) is 0 Å². The minimum absolute atomic E-state index is 0.0915. The van der Waals surface area contributed by atoms with Crippen LogP contribution in [0, 0.1) is 0 Å². The zero-order valence-electron chi connectivity index (χ0n) is 13.6. The van der Waals surface area contributed by atoms with Gasteiger partial charge in [0, 0.05) is 32.2 Å². The van der Waals surface area contributed by atoms with E-state index in [1.165, 1.54) is 18.0 Å². The third kappa shape index (κ3) is 2.82. The van der Waals surface area contributed by atoms with Gasteiger partial charge in [0.2, 0.25) is 12.7 Å². The number of benzene rings is 1. The molecule has 2 aromatic rings. The fourth-order valence-corrected chi connectivity index (χ4v) is 3.17. The number of anilines is 1. The summed E-state index contributed by atoms with van der Waals surface area (Å²) in [5, 5.41) is 9.29. The Hall–Kier alpha value is -2.54. The molecular formula is C17H20N4O3. The Morgan fingerprint density at radius 1 is 1.04 bits per heavy atom. The Labute approximate surface area is 140 Å². The average molecular weight is 328 g/mol. The zero-order valence-corrected chi connectivity index (χ0v) is 13.6. The fraction of sp³-hybridized carbons (Fsp3) is 0.412. The Morgan fingerprint density at radius 2 is 1.75 bits per heavy atom. The van der Waals surface area contributed by atoms with Crippen molar-refractivity contribution in [1.82, 2.24) is 14.9 Å². The van der Waals surface area contributed by atoms with Crippen LogP contribution in [0.3, 0.4) is 0 Å². The average Bonchev–Trinajstić information content (AvgIpc) is 3.09. The zero-order chi connectivity index (χ0) is 16.5. The van der Waals surface area contributed by atoms with E-state index < -0.39 is 0 Å². The molecule has 0 spiro atoms. The van der Waals surface area contributed by atoms with Gasteiger partial charge in [-0.15, -0.1) is 0 Å². The molecule has 1 aromatic carbocycles. The molecule has 126 valence electrons. The number of ether oxygens (including phenoxy) is 2. The van der Waals surface area contributed by atoms with Crippen molar-refractivity contribution in [1.29, 1.82) is 0 Å². The number of hydrogen-bond donors (Lipinski definition) is 1. The quantitative estimate of drug-likeness (QED) is 0.921. The first-order chi connectivity index (χ1) is 11.7. The van der Waals surface area contributed by atoms with E-state index in [1.807, 2.05) is 6.07 Å². The maximum atomic E-state index is 9.29. The van der Waals surface area contributed by atoms with Crippen molar-refractivity contribution < 1.29 is 14.6 Å². The van der Waals surface area contributed by atoms with Gasteiger partial charge in [0.15, 0.2) is 17.2 Å². The molecule has 2 aliphatic heterocycles. The SMILES string of the molecule is CC(c1ccc2c(c1)OCO2)N1CCN(c2ncc(O)cn2)CC1. The van der Waals surface area contributed by atoms with Gasteiger partial charge >= 0.3 is 0 Å². The van der Waals surface area contributed by atoms with E-state index in [2.05, 4.69) is 38.8 Å². The van der Waals surface area contributed by atoms with Gasteiger partial charge in [-0.1, -0.05) is 6.07 Å². The van der Waals surface area contributed by atoms with E-state index in [4.69, 9.17) is 9.47 Å². The van der Waals surface area contributed by atoms with Gasteiger partial charge in [0.25, 0.3) is 0 Å². The van der Waals surface area contributed by atoms with E-state index in [-0.39, 0.29) is 5.75 Å². The molecule has 1 saturated heterocycles. The second-order valence-corrected chi connectivity index (χ2v) is 6.05. The molecule has 7 heteroatoms. The Balaban J connectivity index is 1.41. The first-order valence-corrected chi connectivity index (χ1v) is 8.10. The van der Waals surface area contributed by atoms with Crippen LogP contribution < -0.4 is 14.4 Å². The van der Waals surface area contributed by atoms with Gasteiger partial charge in [0.1, 0.15) is 0 Å². The van der Waals surface area contributed by atoms with Gasteiger partial charge < -0.3 is 19.5 Å². The first kappa shape index (κ1) is 15.0. The summed E-state index contributed by atoms with van der Waals surface area (Å²) >= 11 is 0. The van der Waals surface area contributed by atoms with Crippen LogP contribution in [0.25, 0.3) is 0 Å². The smallest absolute Gasteiger partial charge is 0.231 e. The highest BCUT2D eigenvalue weighted by Crippen LogP contribution is 2.35. The van der Waals surface area contributed by atoms with Crippen LogP contribution in [0.1, 0.15) is 18.5 Å². The van der Waals surface area contributed by atoms with Crippen molar-refractivity contribution in [3.8, 4) is 17.2 Å². The van der Waals surface area contributed by atoms with E-state index in [0.29, 0.717) is 18.8 Å². The summed E-state index contributed by atoms with van der Waals surface area (Å²) < 4.78 is 10.9. The molecule has 4 rings (SSSR count). The van der Waals surface area contributed by atoms with Crippen molar-refractivity contribution >= 4 is 5.95 Å². The summed E-state index contributed by atoms with van der Waals surface area (Å²) in [5.74, 6) is 2.41.